The van der Waals surface area contributed by atoms with Crippen molar-refractivity contribution in [2.24, 2.45) is 0 Å². The van der Waals surface area contributed by atoms with E-state index in [4.69, 9.17) is 28.6 Å². The third-order valence-electron chi connectivity index (χ3n) is 0. The van der Waals surface area contributed by atoms with Crippen molar-refractivity contribution < 1.29 is 69.4 Å². The number of hydrogen-bond acceptors (Lipinski definition) is 3. The fraction of sp³-hybridized carbons (Fsp3) is 0. The normalized spacial score (nSPS) is 8.56. The van der Waals surface area contributed by atoms with Crippen LogP contribution in [0, 0.1) is 11.3 Å². The van der Waals surface area contributed by atoms with Crippen LogP contribution in [0.15, 0.2) is 0 Å². The zero-order valence-corrected chi connectivity index (χ0v) is 8.04. The fourth-order valence-corrected chi connectivity index (χ4v) is 0. The Bertz CT molecular complexity index is 68.9. The summed E-state index contributed by atoms with van der Waals surface area (Å²) < 4.78 is 25.4. The first kappa shape index (κ1) is 16.7. The summed E-state index contributed by atoms with van der Waals surface area (Å²) in [7, 11) is -4.64. The quantitative estimate of drug-likeness (QED) is 0.257. The van der Waals surface area contributed by atoms with Crippen molar-refractivity contribution in [2.75, 3.05) is 0 Å². The van der Waals surface area contributed by atoms with Crippen molar-refractivity contribution in [1.82, 2.24) is 0 Å². The topological polar surface area (TPSA) is 124 Å². The maximum Gasteiger partial charge on any atom is 1.00 e. The van der Waals surface area contributed by atoms with Gasteiger partial charge in [-0.25, -0.2) is 4.57 Å². The summed E-state index contributed by atoms with van der Waals surface area (Å²) in [6.07, 6.45) is 0. The molecule has 0 unspecified atom stereocenters. The van der Waals surface area contributed by atoms with Gasteiger partial charge in [0.05, 0.1) is 11.3 Å². The second-order valence-corrected chi connectivity index (χ2v) is 1.73. The van der Waals surface area contributed by atoms with E-state index >= 15 is 0 Å². The molecule has 0 amide bonds. The molecule has 0 aromatic carbocycles. The van der Waals surface area contributed by atoms with Crippen LogP contribution in [0.4, 0.5) is 0 Å². The second-order valence-electron chi connectivity index (χ2n) is 0.576. The van der Waals surface area contributed by atoms with E-state index in [0.29, 0.717) is 0 Å². The average molecular weight is 188 g/mol. The Labute approximate surface area is 77.1 Å². The Morgan fingerprint density at radius 2 is 1.22 bits per heavy atom. The van der Waals surface area contributed by atoms with Gasteiger partial charge in [0.2, 0.25) is 0 Å². The van der Waals surface area contributed by atoms with E-state index in [1.54, 1.807) is 0 Å². The molecule has 0 aliphatic rings. The van der Waals surface area contributed by atoms with E-state index in [0.717, 1.165) is 0 Å². The van der Waals surface area contributed by atoms with Crippen LogP contribution in [0.5, 0.6) is 0 Å². The number of rotatable bonds is 0. The van der Waals surface area contributed by atoms with Crippen LogP contribution in [0.3, 0.4) is 0 Å². The summed E-state index contributed by atoms with van der Waals surface area (Å²) in [5.41, 5.74) is 0. The minimum Gasteiger partial charge on any atom is -0.544 e. The Morgan fingerprint density at radius 1 is 1.22 bits per heavy atom. The van der Waals surface area contributed by atoms with E-state index in [1.165, 1.54) is 0 Å². The van der Waals surface area contributed by atoms with Gasteiger partial charge in [0, 0.05) is 0 Å². The molecule has 0 saturated carbocycles. The molecule has 52 valence electrons. The van der Waals surface area contributed by atoms with E-state index in [-0.39, 0.29) is 29.6 Å². The molecule has 6 nitrogen and oxygen atoms in total. The first-order valence-electron chi connectivity index (χ1n) is 1.09. The molecule has 0 rings (SSSR count). The smallest absolute Gasteiger partial charge is 0.544 e. The van der Waals surface area contributed by atoms with Gasteiger partial charge in [-0.15, -0.1) is 0 Å². The fourth-order valence-electron chi connectivity index (χ4n) is 0. The third kappa shape index (κ3) is 287. The van der Waals surface area contributed by atoms with Gasteiger partial charge < -0.3 is 24.0 Å². The molecule has 3 N–H and O–H groups in total. The second kappa shape index (κ2) is 9.32. The first-order valence-corrected chi connectivity index (χ1v) is 3.27. The molecule has 0 saturated heterocycles. The van der Waals surface area contributed by atoms with Crippen molar-refractivity contribution in [3.63, 3.8) is 0 Å². The minimum absolute atomic E-state index is 0. The van der Waals surface area contributed by atoms with Crippen LogP contribution in [0.1, 0.15) is 0 Å². The van der Waals surface area contributed by atoms with Gasteiger partial charge in [-0.05, 0) is 0 Å². The van der Waals surface area contributed by atoms with Gasteiger partial charge in [-0.3, -0.25) is 0 Å². The summed E-state index contributed by atoms with van der Waals surface area (Å²) in [5, 5.41) is 0. The number of halogens is 1. The maximum atomic E-state index is 8.88. The molecule has 0 aliphatic heterocycles. The Kier molecular flexibility index (Phi) is 17.3. The molecule has 9 heavy (non-hydrogen) atoms. The average Bonchev–Trinajstić information content (AvgIpc) is 1.27. The minimum atomic E-state index is -4.64. The largest absolute Gasteiger partial charge is 1.00 e. The first-order chi connectivity index (χ1) is 3.41. The summed E-state index contributed by atoms with van der Waals surface area (Å²) in [6, 6.07) is 0. The van der Waals surface area contributed by atoms with Crippen LogP contribution in [-0.4, -0.2) is 14.7 Å². The van der Waals surface area contributed by atoms with Crippen molar-refractivity contribution in [3.8, 4) is 0 Å². The molecule has 0 atom stereocenters. The summed E-state index contributed by atoms with van der Waals surface area (Å²) in [4.78, 5) is 21.6. The monoisotopic (exact) mass is 188 g/mol. The van der Waals surface area contributed by atoms with Crippen LogP contribution >= 0.6 is 7.82 Å². The summed E-state index contributed by atoms with van der Waals surface area (Å²) in [5.74, 6) is 0. The molecular weight excluding hydrogens is 185 g/mol. The number of phosphoric acid groups is 1. The molecule has 0 spiro atoms. The predicted molar refractivity (Wildman–Crippen MR) is 14.3 cm³/mol. The number of hydrogen-bond donors (Lipinski definition) is 3. The van der Waals surface area contributed by atoms with Crippen molar-refractivity contribution >= 4 is 7.82 Å². The van der Waals surface area contributed by atoms with Gasteiger partial charge in [0.25, 0.3) is 0 Å². The van der Waals surface area contributed by atoms with Crippen LogP contribution in [0.25, 0.3) is 0 Å². The SMILES string of the molecule is O=P(O)(O)O.[Na+].[O-][Cl+][O-]. The van der Waals surface area contributed by atoms with E-state index in [1.807, 2.05) is 0 Å². The molecule has 0 aromatic heterocycles. The zero-order valence-electron chi connectivity index (χ0n) is 4.39. The van der Waals surface area contributed by atoms with Gasteiger partial charge in [-0.2, -0.15) is 0 Å². The molecule has 0 aromatic rings. The molecule has 0 radical (unpaired) electrons. The molecular formula is H3ClNaO6P. The molecule has 0 fully saturated rings. The third-order valence-corrected chi connectivity index (χ3v) is 0. The predicted octanol–water partition coefficient (Wildman–Crippen LogP) is -6.30. The Balaban J connectivity index is -0.0000000800. The molecule has 9 heteroatoms. The van der Waals surface area contributed by atoms with Crippen molar-refractivity contribution in [2.45, 2.75) is 0 Å². The van der Waals surface area contributed by atoms with Gasteiger partial charge in [-0.1, -0.05) is 0 Å². The van der Waals surface area contributed by atoms with Gasteiger partial charge >= 0.3 is 37.4 Å². The van der Waals surface area contributed by atoms with E-state index in [9.17, 15) is 0 Å². The molecule has 0 heterocycles. The van der Waals surface area contributed by atoms with Crippen molar-refractivity contribution in [1.29, 1.82) is 0 Å². The molecule has 0 bridgehead atoms. The van der Waals surface area contributed by atoms with Crippen LogP contribution in [-0.2, 0) is 4.57 Å². The Morgan fingerprint density at radius 3 is 1.22 bits per heavy atom. The zero-order chi connectivity index (χ0) is 7.21. The molecule has 0 aliphatic carbocycles. The Hall–Kier alpha value is 1.32. The standard InChI is InChI=1S/ClO2.Na.H3O4P/c2-1-3;;1-5(2,3)4/h;;(H3,1,2,3,4)/q-1;+1;. The summed E-state index contributed by atoms with van der Waals surface area (Å²) >= 11 is -0.417. The van der Waals surface area contributed by atoms with Crippen molar-refractivity contribution in [3.05, 3.63) is 0 Å². The summed E-state index contributed by atoms with van der Waals surface area (Å²) in [6.45, 7) is 0. The maximum absolute atomic E-state index is 8.88. The van der Waals surface area contributed by atoms with Gasteiger partial charge in [0.15, 0.2) is 0 Å². The van der Waals surface area contributed by atoms with Crippen LogP contribution in [0.2, 0.25) is 0 Å². The van der Waals surface area contributed by atoms with E-state index in [2.05, 4.69) is 0 Å². The van der Waals surface area contributed by atoms with Crippen LogP contribution < -0.4 is 38.9 Å². The van der Waals surface area contributed by atoms with Gasteiger partial charge in [0.1, 0.15) is 0 Å². The van der Waals surface area contributed by atoms with E-state index < -0.39 is 19.1 Å².